The number of carbonyl (C=O) groups excluding carboxylic acids is 2. The zero-order valence-electron chi connectivity index (χ0n) is 17.6. The Morgan fingerprint density at radius 1 is 0.939 bits per heavy atom. The number of fused-ring (bicyclic) bond motifs is 1. The zero-order valence-corrected chi connectivity index (χ0v) is 17.6. The Morgan fingerprint density at radius 3 is 2.30 bits per heavy atom. The van der Waals surface area contributed by atoms with Gasteiger partial charge < -0.3 is 11.5 Å². The molecule has 0 aliphatic carbocycles. The van der Waals surface area contributed by atoms with Crippen LogP contribution in [0.5, 0.6) is 0 Å². The van der Waals surface area contributed by atoms with Crippen LogP contribution >= 0.6 is 0 Å². The number of aryl methyl sites for hydroxylation is 1. The minimum atomic E-state index is -0.993. The van der Waals surface area contributed by atoms with Gasteiger partial charge in [-0.3, -0.25) is 14.3 Å². The second kappa shape index (κ2) is 8.05. The van der Waals surface area contributed by atoms with Crippen LogP contribution in [-0.2, 0) is 6.54 Å². The number of nitrogens with zero attached hydrogens (tertiary/aromatic N) is 3. The molecule has 0 aliphatic rings. The first-order chi connectivity index (χ1) is 15.6. The summed E-state index contributed by atoms with van der Waals surface area (Å²) in [4.78, 5) is 29.0. The first-order valence-electron chi connectivity index (χ1n) is 9.79. The molecule has 2 heterocycles. The Labute approximate surface area is 185 Å². The molecule has 168 valence electrons. The van der Waals surface area contributed by atoms with E-state index in [1.807, 2.05) is 0 Å². The van der Waals surface area contributed by atoms with Crippen molar-refractivity contribution < 1.29 is 22.8 Å². The number of halogens is 3. The largest absolute Gasteiger partial charge is 0.366 e. The molecule has 10 heteroatoms. The van der Waals surface area contributed by atoms with Crippen molar-refractivity contribution >= 4 is 22.7 Å². The molecule has 4 rings (SSSR count). The van der Waals surface area contributed by atoms with Gasteiger partial charge in [-0.05, 0) is 43.7 Å². The Morgan fingerprint density at radius 2 is 1.67 bits per heavy atom. The summed E-state index contributed by atoms with van der Waals surface area (Å²) in [7, 11) is 0. The number of primary amides is 2. The molecule has 0 spiro atoms. The maximum atomic E-state index is 13.8. The summed E-state index contributed by atoms with van der Waals surface area (Å²) in [6.45, 7) is 3.42. The van der Waals surface area contributed by atoms with Crippen LogP contribution in [0.3, 0.4) is 0 Å². The van der Waals surface area contributed by atoms with Crippen molar-refractivity contribution in [2.75, 3.05) is 0 Å². The molecule has 33 heavy (non-hydrogen) atoms. The molecule has 4 aromatic rings. The SMILES string of the molecule is Cc1nn(Cc2ccc(F)c(F)c2)c(C)c1-c1c(C(N)=O)nc2cc(F)ccc2c1C(N)=O. The standard InChI is InChI=1S/C23H18F3N5O2/c1-10-18(11(2)31(30-10)9-12-3-6-15(25)16(26)7-12)20-19(22(27)32)14-5-4-13(24)8-17(14)29-21(20)23(28)33/h3-8H,9H2,1-2H3,(H2,27,32)(H2,28,33). The van der Waals surface area contributed by atoms with E-state index in [0.717, 1.165) is 24.3 Å². The van der Waals surface area contributed by atoms with Gasteiger partial charge in [-0.2, -0.15) is 5.10 Å². The number of amides is 2. The van der Waals surface area contributed by atoms with Gasteiger partial charge in [0, 0.05) is 28.3 Å². The van der Waals surface area contributed by atoms with Crippen LogP contribution in [0, 0.1) is 31.3 Å². The molecule has 2 amide bonds. The number of carbonyl (C=O) groups is 2. The highest BCUT2D eigenvalue weighted by Crippen LogP contribution is 2.36. The van der Waals surface area contributed by atoms with Gasteiger partial charge in [0.1, 0.15) is 11.5 Å². The van der Waals surface area contributed by atoms with Crippen molar-refractivity contribution in [3.8, 4) is 11.1 Å². The van der Waals surface area contributed by atoms with Crippen LogP contribution in [0.4, 0.5) is 13.2 Å². The van der Waals surface area contributed by atoms with Crippen LogP contribution in [0.2, 0.25) is 0 Å². The Balaban J connectivity index is 1.99. The topological polar surface area (TPSA) is 117 Å². The number of pyridine rings is 1. The molecular weight excluding hydrogens is 435 g/mol. The molecule has 2 aromatic heterocycles. The minimum absolute atomic E-state index is 0.0471. The highest BCUT2D eigenvalue weighted by molar-refractivity contribution is 6.15. The molecule has 0 atom stereocenters. The molecule has 0 saturated heterocycles. The predicted molar refractivity (Wildman–Crippen MR) is 115 cm³/mol. The lowest BCUT2D eigenvalue weighted by atomic mass is 9.92. The Hall–Kier alpha value is -4.21. The fourth-order valence-corrected chi connectivity index (χ4v) is 3.94. The molecule has 0 bridgehead atoms. The summed E-state index contributed by atoms with van der Waals surface area (Å²) in [5.41, 5.74) is 12.8. The monoisotopic (exact) mass is 453 g/mol. The smallest absolute Gasteiger partial charge is 0.267 e. The molecule has 7 nitrogen and oxygen atoms in total. The summed E-state index contributed by atoms with van der Waals surface area (Å²) in [6, 6.07) is 7.06. The molecule has 0 unspecified atom stereocenters. The third kappa shape index (κ3) is 3.79. The maximum absolute atomic E-state index is 13.8. The van der Waals surface area contributed by atoms with Crippen molar-refractivity contribution in [3.05, 3.63) is 82.1 Å². The van der Waals surface area contributed by atoms with E-state index in [1.54, 1.807) is 13.8 Å². The number of hydrogen-bond donors (Lipinski definition) is 2. The summed E-state index contributed by atoms with van der Waals surface area (Å²) in [5.74, 6) is -4.37. The fraction of sp³-hybridized carbons (Fsp3) is 0.130. The van der Waals surface area contributed by atoms with Gasteiger partial charge in [0.05, 0.1) is 23.3 Å². The van der Waals surface area contributed by atoms with Crippen LogP contribution in [0.25, 0.3) is 22.0 Å². The van der Waals surface area contributed by atoms with Crippen molar-refractivity contribution in [1.29, 1.82) is 0 Å². The average molecular weight is 453 g/mol. The van der Waals surface area contributed by atoms with E-state index in [9.17, 15) is 22.8 Å². The molecule has 0 saturated carbocycles. The maximum Gasteiger partial charge on any atom is 0.267 e. The van der Waals surface area contributed by atoms with E-state index in [1.165, 1.54) is 16.8 Å². The summed E-state index contributed by atoms with van der Waals surface area (Å²) >= 11 is 0. The van der Waals surface area contributed by atoms with Crippen molar-refractivity contribution in [3.63, 3.8) is 0 Å². The molecule has 0 aliphatic heterocycles. The normalized spacial score (nSPS) is 11.2. The van der Waals surface area contributed by atoms with Gasteiger partial charge in [-0.25, -0.2) is 18.2 Å². The van der Waals surface area contributed by atoms with E-state index in [2.05, 4.69) is 10.1 Å². The molecule has 2 aromatic carbocycles. The van der Waals surface area contributed by atoms with Gasteiger partial charge in [0.25, 0.3) is 5.91 Å². The van der Waals surface area contributed by atoms with Crippen LogP contribution < -0.4 is 11.5 Å². The molecule has 0 radical (unpaired) electrons. The molecule has 4 N–H and O–H groups in total. The number of nitrogens with two attached hydrogens (primary N) is 2. The first kappa shape index (κ1) is 22.0. The molecular formula is C23H18F3N5O2. The van der Waals surface area contributed by atoms with Gasteiger partial charge >= 0.3 is 0 Å². The third-order valence-corrected chi connectivity index (χ3v) is 5.38. The lowest BCUT2D eigenvalue weighted by molar-refractivity contribution is 0.0996. The lowest BCUT2D eigenvalue weighted by Crippen LogP contribution is -2.21. The van der Waals surface area contributed by atoms with E-state index >= 15 is 0 Å². The summed E-state index contributed by atoms with van der Waals surface area (Å²) in [5, 5.41) is 4.68. The number of hydrogen-bond acceptors (Lipinski definition) is 4. The van der Waals surface area contributed by atoms with E-state index in [4.69, 9.17) is 11.5 Å². The zero-order chi connectivity index (χ0) is 24.0. The highest BCUT2D eigenvalue weighted by atomic mass is 19.2. The minimum Gasteiger partial charge on any atom is -0.366 e. The molecule has 0 fully saturated rings. The van der Waals surface area contributed by atoms with Crippen molar-refractivity contribution in [2.24, 2.45) is 11.5 Å². The predicted octanol–water partition coefficient (Wildman–Crippen LogP) is 3.38. The number of rotatable bonds is 5. The lowest BCUT2D eigenvalue weighted by Gasteiger charge is -2.15. The van der Waals surface area contributed by atoms with Crippen molar-refractivity contribution in [2.45, 2.75) is 20.4 Å². The van der Waals surface area contributed by atoms with Gasteiger partial charge in [-0.15, -0.1) is 0 Å². The third-order valence-electron chi connectivity index (χ3n) is 5.38. The Kier molecular flexibility index (Phi) is 5.36. The second-order valence-electron chi connectivity index (χ2n) is 7.55. The van der Waals surface area contributed by atoms with E-state index < -0.39 is 29.3 Å². The fourth-order valence-electron chi connectivity index (χ4n) is 3.94. The first-order valence-corrected chi connectivity index (χ1v) is 9.79. The summed E-state index contributed by atoms with van der Waals surface area (Å²) in [6.07, 6.45) is 0. The Bertz CT molecular complexity index is 1460. The highest BCUT2D eigenvalue weighted by Gasteiger charge is 2.27. The number of benzene rings is 2. The van der Waals surface area contributed by atoms with Gasteiger partial charge in [-0.1, -0.05) is 6.07 Å². The van der Waals surface area contributed by atoms with E-state index in [-0.39, 0.29) is 34.3 Å². The average Bonchev–Trinajstić information content (AvgIpc) is 3.01. The van der Waals surface area contributed by atoms with Crippen molar-refractivity contribution in [1.82, 2.24) is 14.8 Å². The van der Waals surface area contributed by atoms with Gasteiger partial charge in [0.15, 0.2) is 11.6 Å². The van der Waals surface area contributed by atoms with Crippen LogP contribution in [-0.4, -0.2) is 26.6 Å². The summed E-state index contributed by atoms with van der Waals surface area (Å²) < 4.78 is 42.2. The second-order valence-corrected chi connectivity index (χ2v) is 7.55. The van der Waals surface area contributed by atoms with E-state index in [0.29, 0.717) is 22.5 Å². The quantitative estimate of drug-likeness (QED) is 0.482. The van der Waals surface area contributed by atoms with Crippen LogP contribution in [0.1, 0.15) is 37.8 Å². The van der Waals surface area contributed by atoms with Gasteiger partial charge in [0.2, 0.25) is 5.91 Å². The van der Waals surface area contributed by atoms with Crippen LogP contribution in [0.15, 0.2) is 36.4 Å². The number of aromatic nitrogens is 3.